The van der Waals surface area contributed by atoms with Crippen LogP contribution >= 0.6 is 0 Å². The molecule has 74 heavy (non-hydrogen) atoms. The lowest BCUT2D eigenvalue weighted by atomic mass is 10.0. The molecule has 0 aromatic heterocycles. The fraction of sp³-hybridized carbons (Fsp3) is 0.882. The molecule has 1 amide bonds. The molecule has 0 radical (unpaired) electrons. The summed E-state index contributed by atoms with van der Waals surface area (Å²) in [6, 6.07) is -0.639. The summed E-state index contributed by atoms with van der Waals surface area (Å²) in [5.41, 5.74) is 0. The minimum atomic E-state index is -0.854. The fourth-order valence-electron chi connectivity index (χ4n) is 10.3. The van der Waals surface area contributed by atoms with Crippen molar-refractivity contribution in [2.75, 3.05) is 13.2 Å². The minimum Gasteiger partial charge on any atom is -0.466 e. The number of aliphatic hydroxyl groups is 2. The van der Waals surface area contributed by atoms with Crippen LogP contribution in [0.3, 0.4) is 0 Å². The van der Waals surface area contributed by atoms with Crippen LogP contribution < -0.4 is 5.32 Å². The third-order valence-corrected chi connectivity index (χ3v) is 15.4. The smallest absolute Gasteiger partial charge is 0.305 e. The number of nitrogens with one attached hydrogen (secondary N) is 1. The van der Waals surface area contributed by atoms with E-state index >= 15 is 0 Å². The number of unbranched alkanes of at least 4 members (excludes halogenated alkanes) is 47. The number of rotatable bonds is 62. The number of esters is 1. The highest BCUT2D eigenvalue weighted by Crippen LogP contribution is 2.18. The van der Waals surface area contributed by atoms with Crippen LogP contribution in [0.25, 0.3) is 0 Å². The van der Waals surface area contributed by atoms with E-state index < -0.39 is 12.1 Å². The maximum atomic E-state index is 12.5. The van der Waals surface area contributed by atoms with Crippen LogP contribution in [0.5, 0.6) is 0 Å². The normalized spacial score (nSPS) is 12.8. The monoisotopic (exact) mass is 1040 g/mol. The summed E-state index contributed by atoms with van der Waals surface area (Å²) in [7, 11) is 0. The van der Waals surface area contributed by atoms with Crippen molar-refractivity contribution in [2.24, 2.45) is 0 Å². The number of hydrogen-bond donors (Lipinski definition) is 3. The lowest BCUT2D eigenvalue weighted by molar-refractivity contribution is -0.143. The third kappa shape index (κ3) is 59.3. The van der Waals surface area contributed by atoms with Crippen molar-refractivity contribution in [3.05, 3.63) is 36.5 Å². The average Bonchev–Trinajstić information content (AvgIpc) is 3.40. The molecule has 0 saturated carbocycles. The molecule has 2 atom stereocenters. The molecular formula is C68H129NO5. The zero-order valence-electron chi connectivity index (χ0n) is 49.8. The molecule has 0 aliphatic rings. The van der Waals surface area contributed by atoms with Crippen molar-refractivity contribution >= 4 is 11.9 Å². The van der Waals surface area contributed by atoms with E-state index in [1.54, 1.807) is 6.08 Å². The second-order valence-corrected chi connectivity index (χ2v) is 22.8. The molecular weight excluding hydrogens is 911 g/mol. The molecule has 436 valence electrons. The Morgan fingerprint density at radius 1 is 0.365 bits per heavy atom. The molecule has 0 aromatic rings. The van der Waals surface area contributed by atoms with E-state index in [9.17, 15) is 19.8 Å². The first-order valence-electron chi connectivity index (χ1n) is 33.3. The standard InChI is InChI=1S/C68H129NO5/c1-3-5-7-9-11-13-15-17-19-21-22-23-24-25-26-29-32-36-40-44-48-52-56-60-66(71)65(64-70)69-67(72)61-57-53-49-45-41-37-33-30-27-31-35-39-43-47-51-55-59-63-74-68(73)62-58-54-50-46-42-38-34-28-20-18-16-14-12-10-8-6-4-2/h18,20,27,31,56,60,65-66,70-71H,3-17,19,21-26,28-30,32-55,57-59,61-64H2,1-2H3,(H,69,72)/b20-18-,31-27-,60-56+. The molecule has 0 fully saturated rings. The van der Waals surface area contributed by atoms with Crippen molar-refractivity contribution in [2.45, 2.75) is 373 Å². The molecule has 6 heteroatoms. The first-order chi connectivity index (χ1) is 36.5. The lowest BCUT2D eigenvalue weighted by Crippen LogP contribution is -2.45. The lowest BCUT2D eigenvalue weighted by Gasteiger charge is -2.20. The van der Waals surface area contributed by atoms with Gasteiger partial charge in [0, 0.05) is 12.8 Å². The summed E-state index contributed by atoms with van der Waals surface area (Å²) < 4.78 is 5.48. The van der Waals surface area contributed by atoms with E-state index in [1.807, 2.05) is 6.08 Å². The molecule has 0 spiro atoms. The van der Waals surface area contributed by atoms with Gasteiger partial charge in [-0.05, 0) is 83.5 Å². The number of carbonyl (C=O) groups is 2. The molecule has 0 rings (SSSR count). The molecule has 2 unspecified atom stereocenters. The Labute approximate surface area is 462 Å². The van der Waals surface area contributed by atoms with Gasteiger partial charge in [0.25, 0.3) is 0 Å². The number of hydrogen-bond acceptors (Lipinski definition) is 5. The van der Waals surface area contributed by atoms with Crippen LogP contribution in [-0.2, 0) is 14.3 Å². The Morgan fingerprint density at radius 2 is 0.635 bits per heavy atom. The summed E-state index contributed by atoms with van der Waals surface area (Å²) in [5, 5.41) is 23.2. The van der Waals surface area contributed by atoms with Gasteiger partial charge in [0.05, 0.1) is 25.4 Å². The summed E-state index contributed by atoms with van der Waals surface area (Å²) in [5.74, 6) is -0.0825. The van der Waals surface area contributed by atoms with E-state index in [2.05, 4.69) is 43.5 Å². The Bertz CT molecular complexity index is 1200. The van der Waals surface area contributed by atoms with Gasteiger partial charge in [-0.2, -0.15) is 0 Å². The predicted molar refractivity (Wildman–Crippen MR) is 324 cm³/mol. The van der Waals surface area contributed by atoms with Gasteiger partial charge in [-0.1, -0.05) is 301 Å². The van der Waals surface area contributed by atoms with Gasteiger partial charge in [0.15, 0.2) is 0 Å². The van der Waals surface area contributed by atoms with Gasteiger partial charge in [-0.3, -0.25) is 9.59 Å². The topological polar surface area (TPSA) is 95.9 Å². The second kappa shape index (κ2) is 63.6. The summed E-state index contributed by atoms with van der Waals surface area (Å²) >= 11 is 0. The van der Waals surface area contributed by atoms with E-state index in [1.165, 1.54) is 276 Å². The number of amides is 1. The highest BCUT2D eigenvalue weighted by Gasteiger charge is 2.18. The maximum absolute atomic E-state index is 12.5. The number of aliphatic hydroxyl groups excluding tert-OH is 2. The van der Waals surface area contributed by atoms with Gasteiger partial charge in [-0.25, -0.2) is 0 Å². The average molecular weight is 1040 g/mol. The van der Waals surface area contributed by atoms with Crippen molar-refractivity contribution < 1.29 is 24.5 Å². The van der Waals surface area contributed by atoms with Gasteiger partial charge >= 0.3 is 5.97 Å². The maximum Gasteiger partial charge on any atom is 0.305 e. The van der Waals surface area contributed by atoms with Gasteiger partial charge in [0.2, 0.25) is 5.91 Å². The largest absolute Gasteiger partial charge is 0.466 e. The third-order valence-electron chi connectivity index (χ3n) is 15.4. The molecule has 0 heterocycles. The Hall–Kier alpha value is -1.92. The minimum absolute atomic E-state index is 0.00552. The zero-order chi connectivity index (χ0) is 53.6. The zero-order valence-corrected chi connectivity index (χ0v) is 49.8. The Kier molecular flexibility index (Phi) is 62.0. The quantitative estimate of drug-likeness (QED) is 0.0320. The molecule has 0 aliphatic heterocycles. The van der Waals surface area contributed by atoms with Crippen LogP contribution in [0.4, 0.5) is 0 Å². The van der Waals surface area contributed by atoms with E-state index in [-0.39, 0.29) is 18.5 Å². The van der Waals surface area contributed by atoms with E-state index in [0.717, 1.165) is 57.8 Å². The van der Waals surface area contributed by atoms with Crippen LogP contribution in [-0.4, -0.2) is 47.4 Å². The Morgan fingerprint density at radius 3 is 0.959 bits per heavy atom. The summed E-state index contributed by atoms with van der Waals surface area (Å²) in [6.45, 7) is 4.90. The number of allylic oxidation sites excluding steroid dienone is 5. The highest BCUT2D eigenvalue weighted by atomic mass is 16.5. The molecule has 3 N–H and O–H groups in total. The fourth-order valence-corrected chi connectivity index (χ4v) is 10.3. The van der Waals surface area contributed by atoms with E-state index in [0.29, 0.717) is 19.4 Å². The van der Waals surface area contributed by atoms with E-state index in [4.69, 9.17) is 4.74 Å². The van der Waals surface area contributed by atoms with Crippen LogP contribution in [0.15, 0.2) is 36.5 Å². The van der Waals surface area contributed by atoms with Gasteiger partial charge in [-0.15, -0.1) is 0 Å². The summed E-state index contributed by atoms with van der Waals surface area (Å²) in [4.78, 5) is 24.6. The highest BCUT2D eigenvalue weighted by molar-refractivity contribution is 5.76. The molecule has 0 aliphatic carbocycles. The Balaban J connectivity index is 3.48. The van der Waals surface area contributed by atoms with Gasteiger partial charge < -0.3 is 20.3 Å². The SMILES string of the molecule is CCCCCCCC/C=C\CCCCCCCCCC(=O)OCCCCCCCC/C=C\CCCCCCCCCC(=O)NC(CO)C(O)/C=C/CCCCCCCCCCCCCCCCCCCCCCC. The van der Waals surface area contributed by atoms with Crippen LogP contribution in [0.1, 0.15) is 361 Å². The predicted octanol–water partition coefficient (Wildman–Crippen LogP) is 21.1. The number of ether oxygens (including phenoxy) is 1. The molecule has 0 aromatic carbocycles. The van der Waals surface area contributed by atoms with Crippen molar-refractivity contribution in [1.82, 2.24) is 5.32 Å². The first-order valence-corrected chi connectivity index (χ1v) is 33.3. The molecule has 0 saturated heterocycles. The second-order valence-electron chi connectivity index (χ2n) is 22.8. The summed E-state index contributed by atoms with van der Waals surface area (Å²) in [6.07, 6.45) is 80.5. The van der Waals surface area contributed by atoms with Crippen molar-refractivity contribution in [1.29, 1.82) is 0 Å². The molecule has 6 nitrogen and oxygen atoms in total. The number of carbonyl (C=O) groups excluding carboxylic acids is 2. The van der Waals surface area contributed by atoms with Crippen molar-refractivity contribution in [3.63, 3.8) is 0 Å². The van der Waals surface area contributed by atoms with Crippen molar-refractivity contribution in [3.8, 4) is 0 Å². The van der Waals surface area contributed by atoms with Gasteiger partial charge in [0.1, 0.15) is 0 Å². The van der Waals surface area contributed by atoms with Crippen LogP contribution in [0.2, 0.25) is 0 Å². The first kappa shape index (κ1) is 72.1. The van der Waals surface area contributed by atoms with Crippen LogP contribution in [0, 0.1) is 0 Å². The molecule has 0 bridgehead atoms.